The van der Waals surface area contributed by atoms with Crippen molar-refractivity contribution in [2.24, 2.45) is 0 Å². The van der Waals surface area contributed by atoms with Crippen LogP contribution in [0.25, 0.3) is 11.0 Å². The smallest absolute Gasteiger partial charge is 0.147 e. The van der Waals surface area contributed by atoms with E-state index in [0.29, 0.717) is 5.82 Å². The molecular weight excluding hydrogens is 268 g/mol. The number of anilines is 1. The van der Waals surface area contributed by atoms with E-state index in [0.717, 1.165) is 23.9 Å². The summed E-state index contributed by atoms with van der Waals surface area (Å²) in [6.45, 7) is 4.06. The number of aromatic nitrogens is 3. The van der Waals surface area contributed by atoms with Crippen molar-refractivity contribution in [1.29, 1.82) is 0 Å². The van der Waals surface area contributed by atoms with Gasteiger partial charge in [-0.2, -0.15) is 0 Å². The first kappa shape index (κ1) is 17.0. The van der Waals surface area contributed by atoms with Crippen LogP contribution in [0.5, 0.6) is 0 Å². The molecule has 21 heavy (non-hydrogen) atoms. The van der Waals surface area contributed by atoms with Crippen LogP contribution in [-0.4, -0.2) is 32.4 Å². The lowest BCUT2D eigenvalue weighted by Crippen LogP contribution is -2.14. The second-order valence-corrected chi connectivity index (χ2v) is 4.19. The SMILES string of the molecule is C#C.CC.Nc1ncnc2c1ccn2C1CCC(CO)O1. The molecule has 0 aliphatic carbocycles. The highest BCUT2D eigenvalue weighted by atomic mass is 16.5. The fraction of sp³-hybridized carbons (Fsp3) is 0.467. The molecule has 1 saturated heterocycles. The molecule has 3 rings (SSSR count). The average Bonchev–Trinajstić information content (AvgIpc) is 3.18. The summed E-state index contributed by atoms with van der Waals surface area (Å²) in [4.78, 5) is 8.18. The van der Waals surface area contributed by atoms with Crippen LogP contribution in [0.3, 0.4) is 0 Å². The first-order valence-corrected chi connectivity index (χ1v) is 6.96. The van der Waals surface area contributed by atoms with Crippen LogP contribution in [0.1, 0.15) is 32.9 Å². The molecule has 3 heterocycles. The van der Waals surface area contributed by atoms with Crippen molar-refractivity contribution in [2.45, 2.75) is 39.0 Å². The van der Waals surface area contributed by atoms with Crippen LogP contribution in [0.2, 0.25) is 0 Å². The first-order chi connectivity index (χ1) is 10.3. The monoisotopic (exact) mass is 290 g/mol. The molecule has 1 aliphatic heterocycles. The fourth-order valence-electron chi connectivity index (χ4n) is 2.25. The standard InChI is InChI=1S/C11H14N4O2.C2H6.C2H2/c12-10-8-3-4-15(11(8)14-6-13-10)9-2-1-7(5-16)17-9;2*1-2/h3-4,6-7,9,16H,1-2,5H2,(H2,12,13,14);1-2H3;1-2H. The molecule has 0 amide bonds. The van der Waals surface area contributed by atoms with Crippen molar-refractivity contribution in [3.05, 3.63) is 18.6 Å². The predicted octanol–water partition coefficient (Wildman–Crippen LogP) is 1.96. The third-order valence-electron chi connectivity index (χ3n) is 3.14. The number of nitrogens with zero attached hydrogens (tertiary/aromatic N) is 3. The minimum absolute atomic E-state index is 0.0623. The first-order valence-electron chi connectivity index (χ1n) is 6.96. The van der Waals surface area contributed by atoms with Gasteiger partial charge in [0.15, 0.2) is 0 Å². The van der Waals surface area contributed by atoms with Gasteiger partial charge in [0.1, 0.15) is 24.0 Å². The van der Waals surface area contributed by atoms with Crippen LogP contribution >= 0.6 is 0 Å². The Morgan fingerprint density at radius 1 is 1.38 bits per heavy atom. The summed E-state index contributed by atoms with van der Waals surface area (Å²) >= 11 is 0. The zero-order valence-corrected chi connectivity index (χ0v) is 12.4. The molecule has 2 unspecified atom stereocenters. The van der Waals surface area contributed by atoms with Crippen LogP contribution < -0.4 is 5.73 Å². The van der Waals surface area contributed by atoms with E-state index in [4.69, 9.17) is 15.6 Å². The Kier molecular flexibility index (Phi) is 6.66. The fourth-order valence-corrected chi connectivity index (χ4v) is 2.25. The lowest BCUT2D eigenvalue weighted by atomic mass is 10.2. The van der Waals surface area contributed by atoms with E-state index in [-0.39, 0.29) is 18.9 Å². The molecule has 3 N–H and O–H groups in total. The van der Waals surface area contributed by atoms with E-state index >= 15 is 0 Å². The molecule has 0 aromatic carbocycles. The summed E-state index contributed by atoms with van der Waals surface area (Å²) in [5.74, 6) is 0.477. The summed E-state index contributed by atoms with van der Waals surface area (Å²) in [5, 5.41) is 9.90. The third-order valence-corrected chi connectivity index (χ3v) is 3.14. The van der Waals surface area contributed by atoms with Gasteiger partial charge in [-0.25, -0.2) is 9.97 Å². The summed E-state index contributed by atoms with van der Waals surface area (Å²) in [6.07, 6.45) is 12.9. The number of nitrogens with two attached hydrogens (primary N) is 1. The summed E-state index contributed by atoms with van der Waals surface area (Å²) in [7, 11) is 0. The number of aliphatic hydroxyl groups excluding tert-OH is 1. The predicted molar refractivity (Wildman–Crippen MR) is 83.4 cm³/mol. The lowest BCUT2D eigenvalue weighted by Gasteiger charge is -2.14. The molecule has 114 valence electrons. The second-order valence-electron chi connectivity index (χ2n) is 4.19. The quantitative estimate of drug-likeness (QED) is 0.826. The Labute approximate surface area is 125 Å². The van der Waals surface area contributed by atoms with Gasteiger partial charge >= 0.3 is 0 Å². The molecule has 2 atom stereocenters. The van der Waals surface area contributed by atoms with Gasteiger partial charge in [-0.3, -0.25) is 0 Å². The molecule has 0 bridgehead atoms. The Bertz CT molecular complexity index is 579. The number of hydrogen-bond acceptors (Lipinski definition) is 5. The highest BCUT2D eigenvalue weighted by molar-refractivity contribution is 5.86. The average molecular weight is 290 g/mol. The Morgan fingerprint density at radius 3 is 2.71 bits per heavy atom. The van der Waals surface area contributed by atoms with Gasteiger partial charge in [0.05, 0.1) is 18.1 Å². The maximum absolute atomic E-state index is 9.06. The highest BCUT2D eigenvalue weighted by Gasteiger charge is 2.27. The van der Waals surface area contributed by atoms with Crippen molar-refractivity contribution < 1.29 is 9.84 Å². The maximum atomic E-state index is 9.06. The number of rotatable bonds is 2. The summed E-state index contributed by atoms with van der Waals surface area (Å²) in [5.41, 5.74) is 6.56. The topological polar surface area (TPSA) is 86.2 Å². The summed E-state index contributed by atoms with van der Waals surface area (Å²) in [6, 6.07) is 1.89. The van der Waals surface area contributed by atoms with Crippen LogP contribution in [-0.2, 0) is 4.74 Å². The number of fused-ring (bicyclic) bond motifs is 1. The lowest BCUT2D eigenvalue weighted by molar-refractivity contribution is -0.0204. The van der Waals surface area contributed by atoms with Crippen molar-refractivity contribution in [3.8, 4) is 12.8 Å². The molecule has 6 heteroatoms. The minimum atomic E-state index is -0.0726. The van der Waals surface area contributed by atoms with E-state index < -0.39 is 0 Å². The molecule has 2 aromatic heterocycles. The normalized spacial score (nSPS) is 20.2. The van der Waals surface area contributed by atoms with Gasteiger partial charge in [-0.1, -0.05) is 13.8 Å². The number of hydrogen-bond donors (Lipinski definition) is 2. The van der Waals surface area contributed by atoms with E-state index in [9.17, 15) is 0 Å². The molecule has 6 nitrogen and oxygen atoms in total. The van der Waals surface area contributed by atoms with Gasteiger partial charge in [0, 0.05) is 6.20 Å². The zero-order chi connectivity index (χ0) is 15.8. The van der Waals surface area contributed by atoms with Gasteiger partial charge < -0.3 is 20.1 Å². The van der Waals surface area contributed by atoms with E-state index in [1.807, 2.05) is 30.7 Å². The number of terminal acetylenes is 1. The Morgan fingerprint density at radius 2 is 2.10 bits per heavy atom. The number of nitrogen functional groups attached to an aromatic ring is 1. The number of aliphatic hydroxyl groups is 1. The largest absolute Gasteiger partial charge is 0.394 e. The van der Waals surface area contributed by atoms with Gasteiger partial charge in [0.25, 0.3) is 0 Å². The van der Waals surface area contributed by atoms with Crippen LogP contribution in [0.4, 0.5) is 5.82 Å². The van der Waals surface area contributed by atoms with Crippen molar-refractivity contribution in [3.63, 3.8) is 0 Å². The molecular formula is C15H22N4O2. The van der Waals surface area contributed by atoms with Crippen molar-refractivity contribution in [2.75, 3.05) is 12.3 Å². The van der Waals surface area contributed by atoms with Crippen LogP contribution in [0.15, 0.2) is 18.6 Å². The van der Waals surface area contributed by atoms with Crippen molar-refractivity contribution >= 4 is 16.9 Å². The van der Waals surface area contributed by atoms with Gasteiger partial charge in [0.2, 0.25) is 0 Å². The molecule has 2 aromatic rings. The Balaban J connectivity index is 0.000000510. The van der Waals surface area contributed by atoms with E-state index in [2.05, 4.69) is 22.8 Å². The minimum Gasteiger partial charge on any atom is -0.394 e. The van der Waals surface area contributed by atoms with E-state index in [1.165, 1.54) is 6.33 Å². The Hall–Kier alpha value is -2.10. The van der Waals surface area contributed by atoms with Crippen molar-refractivity contribution in [1.82, 2.24) is 14.5 Å². The van der Waals surface area contributed by atoms with Gasteiger partial charge in [-0.05, 0) is 18.9 Å². The van der Waals surface area contributed by atoms with E-state index in [1.54, 1.807) is 0 Å². The van der Waals surface area contributed by atoms with Gasteiger partial charge in [-0.15, -0.1) is 12.8 Å². The molecule has 0 spiro atoms. The third kappa shape index (κ3) is 3.51. The molecule has 1 fully saturated rings. The number of ether oxygens (including phenoxy) is 1. The second kappa shape index (κ2) is 8.25. The molecule has 0 radical (unpaired) electrons. The maximum Gasteiger partial charge on any atom is 0.147 e. The zero-order valence-electron chi connectivity index (χ0n) is 12.4. The van der Waals surface area contributed by atoms with Crippen LogP contribution in [0, 0.1) is 12.8 Å². The molecule has 0 saturated carbocycles. The summed E-state index contributed by atoms with van der Waals surface area (Å²) < 4.78 is 7.66. The highest BCUT2D eigenvalue weighted by Crippen LogP contribution is 2.31. The molecule has 1 aliphatic rings.